The Labute approximate surface area is 158 Å². The summed E-state index contributed by atoms with van der Waals surface area (Å²) in [6.07, 6.45) is 0.933. The lowest BCUT2D eigenvalue weighted by atomic mass is 10.0. The van der Waals surface area contributed by atoms with Crippen LogP contribution < -0.4 is 4.74 Å². The molecule has 0 aliphatic carbocycles. The van der Waals surface area contributed by atoms with Crippen molar-refractivity contribution in [1.29, 1.82) is 0 Å². The van der Waals surface area contributed by atoms with Crippen molar-refractivity contribution in [2.45, 2.75) is 56.1 Å². The smallest absolute Gasteiger partial charge is 0.260 e. The number of fused-ring (bicyclic) bond motifs is 1. The van der Waals surface area contributed by atoms with Gasteiger partial charge < -0.3 is 14.4 Å². The molecule has 2 aliphatic rings. The molecule has 1 aromatic heterocycles. The summed E-state index contributed by atoms with van der Waals surface area (Å²) in [6, 6.07) is 4.91. The maximum absolute atomic E-state index is 13.1. The van der Waals surface area contributed by atoms with E-state index in [0.29, 0.717) is 12.2 Å². The van der Waals surface area contributed by atoms with Crippen molar-refractivity contribution < 1.29 is 22.8 Å². The molecule has 1 N–H and O–H groups in total. The molecule has 0 bridgehead atoms. The van der Waals surface area contributed by atoms with E-state index in [1.165, 1.54) is 4.31 Å². The summed E-state index contributed by atoms with van der Waals surface area (Å²) in [6.45, 7) is 5.86. The Morgan fingerprint density at radius 1 is 1.37 bits per heavy atom. The third kappa shape index (κ3) is 3.13. The second-order valence-corrected chi connectivity index (χ2v) is 9.57. The van der Waals surface area contributed by atoms with Crippen molar-refractivity contribution in [3.63, 3.8) is 0 Å². The number of nitrogens with zero attached hydrogens (tertiary/aromatic N) is 3. The molecule has 2 unspecified atom stereocenters. The maximum atomic E-state index is 13.1. The molecular formula is C18H23N3O5S. The number of hydrogen-bond acceptors (Lipinski definition) is 7. The van der Waals surface area contributed by atoms with Crippen LogP contribution >= 0.6 is 0 Å². The first-order valence-corrected chi connectivity index (χ1v) is 10.5. The highest BCUT2D eigenvalue weighted by molar-refractivity contribution is 7.89. The summed E-state index contributed by atoms with van der Waals surface area (Å²) < 4.78 is 38.2. The molecule has 0 saturated carbocycles. The summed E-state index contributed by atoms with van der Waals surface area (Å²) in [5.41, 5.74) is -0.585. The molecule has 2 atom stereocenters. The zero-order valence-corrected chi connectivity index (χ0v) is 16.4. The third-order valence-corrected chi connectivity index (χ3v) is 6.92. The number of ether oxygens (including phenoxy) is 1. The number of sulfonamides is 1. The van der Waals surface area contributed by atoms with E-state index in [1.807, 2.05) is 20.8 Å². The minimum atomic E-state index is -3.74. The number of rotatable bonds is 4. The van der Waals surface area contributed by atoms with Gasteiger partial charge in [-0.3, -0.25) is 0 Å². The van der Waals surface area contributed by atoms with Crippen LogP contribution in [0.4, 0.5) is 0 Å². The van der Waals surface area contributed by atoms with Crippen LogP contribution in [-0.2, 0) is 22.0 Å². The van der Waals surface area contributed by atoms with Crippen LogP contribution in [0.2, 0.25) is 0 Å². The highest BCUT2D eigenvalue weighted by Gasteiger charge is 2.47. The summed E-state index contributed by atoms with van der Waals surface area (Å²) in [7, 11) is -3.74. The second kappa shape index (κ2) is 6.29. The number of aliphatic hydroxyl groups is 1. The summed E-state index contributed by atoms with van der Waals surface area (Å²) >= 11 is 0. The van der Waals surface area contributed by atoms with Gasteiger partial charge in [0.25, 0.3) is 5.89 Å². The van der Waals surface area contributed by atoms with E-state index >= 15 is 0 Å². The van der Waals surface area contributed by atoms with Gasteiger partial charge in [-0.1, -0.05) is 19.0 Å². The SMILES string of the molecule is CC1Cc2cc(S(=O)(=O)N3CCC(O)(c4nc(C(C)C)no4)C3)ccc2O1. The first-order valence-electron chi connectivity index (χ1n) is 9.05. The van der Waals surface area contributed by atoms with Crippen LogP contribution in [0.1, 0.15) is 50.4 Å². The quantitative estimate of drug-likeness (QED) is 0.844. The molecule has 9 heteroatoms. The molecule has 0 spiro atoms. The highest BCUT2D eigenvalue weighted by atomic mass is 32.2. The van der Waals surface area contributed by atoms with Crippen molar-refractivity contribution in [3.8, 4) is 5.75 Å². The molecule has 1 saturated heterocycles. The van der Waals surface area contributed by atoms with Gasteiger partial charge in [0.2, 0.25) is 10.0 Å². The van der Waals surface area contributed by atoms with Crippen LogP contribution in [0.3, 0.4) is 0 Å². The Hall–Kier alpha value is -1.97. The Morgan fingerprint density at radius 2 is 2.15 bits per heavy atom. The van der Waals surface area contributed by atoms with E-state index in [2.05, 4.69) is 10.1 Å². The van der Waals surface area contributed by atoms with Gasteiger partial charge >= 0.3 is 0 Å². The molecule has 8 nitrogen and oxygen atoms in total. The molecular weight excluding hydrogens is 370 g/mol. The minimum Gasteiger partial charge on any atom is -0.490 e. The number of aromatic nitrogens is 2. The Kier molecular flexibility index (Phi) is 4.28. The molecule has 0 amide bonds. The van der Waals surface area contributed by atoms with Crippen molar-refractivity contribution in [1.82, 2.24) is 14.4 Å². The van der Waals surface area contributed by atoms with Crippen molar-refractivity contribution in [2.75, 3.05) is 13.1 Å². The normalized spacial score (nSPS) is 25.7. The van der Waals surface area contributed by atoms with Gasteiger partial charge in [-0.25, -0.2) is 8.42 Å². The van der Waals surface area contributed by atoms with Crippen LogP contribution in [-0.4, -0.2) is 47.2 Å². The fourth-order valence-corrected chi connectivity index (χ4v) is 5.05. The average molecular weight is 393 g/mol. The number of benzene rings is 1. The third-order valence-electron chi connectivity index (χ3n) is 5.07. The lowest BCUT2D eigenvalue weighted by molar-refractivity contribution is 0.0194. The van der Waals surface area contributed by atoms with Gasteiger partial charge in [-0.2, -0.15) is 9.29 Å². The number of β-amino-alcohol motifs (C(OH)–C–C–N with tert-alkyl or cyclic N) is 1. The van der Waals surface area contributed by atoms with Crippen LogP contribution in [0.25, 0.3) is 0 Å². The Morgan fingerprint density at radius 3 is 2.85 bits per heavy atom. The van der Waals surface area contributed by atoms with Crippen molar-refractivity contribution >= 4 is 10.0 Å². The first kappa shape index (κ1) is 18.4. The molecule has 2 aliphatic heterocycles. The van der Waals surface area contributed by atoms with Gasteiger partial charge in [-0.05, 0) is 30.7 Å². The lowest BCUT2D eigenvalue weighted by Crippen LogP contribution is -2.34. The highest BCUT2D eigenvalue weighted by Crippen LogP contribution is 2.36. The maximum Gasteiger partial charge on any atom is 0.260 e. The second-order valence-electron chi connectivity index (χ2n) is 7.63. The van der Waals surface area contributed by atoms with Crippen LogP contribution in [0.15, 0.2) is 27.6 Å². The minimum absolute atomic E-state index is 0.0440. The molecule has 146 valence electrons. The van der Waals surface area contributed by atoms with Gasteiger partial charge in [0.1, 0.15) is 11.9 Å². The van der Waals surface area contributed by atoms with Crippen molar-refractivity contribution in [3.05, 3.63) is 35.5 Å². The Bertz CT molecular complexity index is 971. The number of hydrogen-bond donors (Lipinski definition) is 1. The monoisotopic (exact) mass is 393 g/mol. The molecule has 4 rings (SSSR count). The zero-order valence-electron chi connectivity index (χ0n) is 15.5. The van der Waals surface area contributed by atoms with Crippen LogP contribution in [0.5, 0.6) is 5.75 Å². The zero-order chi connectivity index (χ0) is 19.4. The standard InChI is InChI=1S/C18H23N3O5S/c1-11(2)16-19-17(26-20-16)18(22)6-7-21(10-18)27(23,24)14-4-5-15-13(9-14)8-12(3)25-15/h4-5,9,11-12,22H,6-8,10H2,1-3H3. The van der Waals surface area contributed by atoms with E-state index in [1.54, 1.807) is 18.2 Å². The van der Waals surface area contributed by atoms with Crippen LogP contribution in [0, 0.1) is 0 Å². The molecule has 1 aromatic carbocycles. The van der Waals surface area contributed by atoms with E-state index in [0.717, 1.165) is 11.3 Å². The van der Waals surface area contributed by atoms with Gasteiger partial charge in [0, 0.05) is 25.3 Å². The van der Waals surface area contributed by atoms with E-state index in [-0.39, 0.29) is 42.3 Å². The van der Waals surface area contributed by atoms with E-state index < -0.39 is 15.6 Å². The van der Waals surface area contributed by atoms with E-state index in [4.69, 9.17) is 9.26 Å². The van der Waals surface area contributed by atoms with Gasteiger partial charge in [0.05, 0.1) is 11.4 Å². The molecule has 3 heterocycles. The van der Waals surface area contributed by atoms with E-state index in [9.17, 15) is 13.5 Å². The predicted octanol–water partition coefficient (Wildman–Crippen LogP) is 1.80. The summed E-state index contributed by atoms with van der Waals surface area (Å²) in [5.74, 6) is 1.35. The molecule has 27 heavy (non-hydrogen) atoms. The lowest BCUT2D eigenvalue weighted by Gasteiger charge is -2.20. The molecule has 1 fully saturated rings. The topological polar surface area (TPSA) is 106 Å². The largest absolute Gasteiger partial charge is 0.490 e. The first-order chi connectivity index (χ1) is 12.7. The van der Waals surface area contributed by atoms with Gasteiger partial charge in [0.15, 0.2) is 11.4 Å². The summed E-state index contributed by atoms with van der Waals surface area (Å²) in [4.78, 5) is 4.45. The van der Waals surface area contributed by atoms with Gasteiger partial charge in [-0.15, -0.1) is 0 Å². The van der Waals surface area contributed by atoms with Crippen molar-refractivity contribution in [2.24, 2.45) is 0 Å². The molecule has 0 radical (unpaired) electrons. The summed E-state index contributed by atoms with van der Waals surface area (Å²) in [5, 5.41) is 14.8. The fourth-order valence-electron chi connectivity index (χ4n) is 3.51. The predicted molar refractivity (Wildman–Crippen MR) is 95.9 cm³/mol. The average Bonchev–Trinajstić information content (AvgIpc) is 3.31. The Balaban J connectivity index is 1.58. The fraction of sp³-hybridized carbons (Fsp3) is 0.556. The molecule has 2 aromatic rings.